The summed E-state index contributed by atoms with van der Waals surface area (Å²) in [5.74, 6) is -0.576. The van der Waals surface area contributed by atoms with Crippen LogP contribution in [0.5, 0.6) is 0 Å². The summed E-state index contributed by atoms with van der Waals surface area (Å²) in [4.78, 5) is 2.12. The first kappa shape index (κ1) is 17.8. The van der Waals surface area contributed by atoms with Crippen LogP contribution in [-0.4, -0.2) is 69.0 Å². The van der Waals surface area contributed by atoms with Crippen LogP contribution in [0.2, 0.25) is 0 Å². The van der Waals surface area contributed by atoms with E-state index in [0.29, 0.717) is 32.7 Å². The number of sulfone groups is 1. The third kappa shape index (κ3) is 3.96. The van der Waals surface area contributed by atoms with Gasteiger partial charge in [0.25, 0.3) is 0 Å². The van der Waals surface area contributed by atoms with Crippen LogP contribution < -0.4 is 0 Å². The molecule has 2 heterocycles. The molecule has 6 nitrogen and oxygen atoms in total. The number of nitrogens with zero attached hydrogens (tertiary/aromatic N) is 2. The second-order valence-corrected chi connectivity index (χ2v) is 10.8. The molecule has 1 aromatic rings. The smallest absolute Gasteiger partial charge is 0.218 e. The Balaban J connectivity index is 1.57. The van der Waals surface area contributed by atoms with E-state index in [4.69, 9.17) is 0 Å². The van der Waals surface area contributed by atoms with E-state index in [1.54, 1.807) is 12.1 Å². The number of rotatable bonds is 4. The Labute approximate surface area is 142 Å². The molecule has 0 radical (unpaired) electrons. The first-order valence-corrected chi connectivity index (χ1v) is 11.2. The highest BCUT2D eigenvalue weighted by Crippen LogP contribution is 2.23. The molecule has 2 aliphatic heterocycles. The van der Waals surface area contributed by atoms with E-state index < -0.39 is 25.1 Å². The van der Waals surface area contributed by atoms with Gasteiger partial charge < -0.3 is 0 Å². The molecule has 2 saturated heterocycles. The molecular weight excluding hydrogens is 355 g/mol. The molecule has 2 fully saturated rings. The number of sulfonamides is 1. The lowest BCUT2D eigenvalue weighted by Crippen LogP contribution is -2.50. The third-order valence-corrected chi connectivity index (χ3v) is 8.93. The van der Waals surface area contributed by atoms with E-state index in [2.05, 4.69) is 4.90 Å². The molecule has 0 saturated carbocycles. The Morgan fingerprint density at radius 1 is 1.08 bits per heavy atom. The lowest BCUT2D eigenvalue weighted by atomic mass is 10.2. The standard InChI is InChI=1S/C15H21FN2O4S2/c16-14-3-1-13(2-4-14)11-17-6-8-18(9-7-17)24(21,22)15-5-10-23(19,20)12-15/h1-4,15H,5-12H2. The van der Waals surface area contributed by atoms with E-state index in [9.17, 15) is 21.2 Å². The van der Waals surface area contributed by atoms with Gasteiger partial charge in [0.1, 0.15) is 5.82 Å². The SMILES string of the molecule is O=S1(=O)CCC(S(=O)(=O)N2CCN(Cc3ccc(F)cc3)CC2)C1. The highest BCUT2D eigenvalue weighted by molar-refractivity contribution is 7.95. The summed E-state index contributed by atoms with van der Waals surface area (Å²) < 4.78 is 62.6. The molecule has 1 aromatic carbocycles. The molecule has 2 aliphatic rings. The van der Waals surface area contributed by atoms with Crippen molar-refractivity contribution in [2.75, 3.05) is 37.7 Å². The molecule has 0 N–H and O–H groups in total. The van der Waals surface area contributed by atoms with Crippen LogP contribution in [0.4, 0.5) is 4.39 Å². The zero-order valence-corrected chi connectivity index (χ0v) is 14.9. The molecule has 9 heteroatoms. The van der Waals surface area contributed by atoms with Crippen LogP contribution in [0, 0.1) is 5.82 Å². The fraction of sp³-hybridized carbons (Fsp3) is 0.600. The van der Waals surface area contributed by atoms with E-state index >= 15 is 0 Å². The summed E-state index contributed by atoms with van der Waals surface area (Å²) in [5, 5.41) is -0.800. The molecule has 0 amide bonds. The Hall–Kier alpha value is -1.03. The Morgan fingerprint density at radius 3 is 2.25 bits per heavy atom. The van der Waals surface area contributed by atoms with Crippen molar-refractivity contribution in [2.24, 2.45) is 0 Å². The van der Waals surface area contributed by atoms with Gasteiger partial charge in [0.2, 0.25) is 10.0 Å². The van der Waals surface area contributed by atoms with E-state index in [-0.39, 0.29) is 23.7 Å². The summed E-state index contributed by atoms with van der Waals surface area (Å²) >= 11 is 0. The fourth-order valence-corrected chi connectivity index (χ4v) is 7.71. The van der Waals surface area contributed by atoms with Crippen LogP contribution in [0.1, 0.15) is 12.0 Å². The van der Waals surface area contributed by atoms with Crippen molar-refractivity contribution in [1.82, 2.24) is 9.21 Å². The predicted octanol–water partition coefficient (Wildman–Crippen LogP) is 0.460. The molecule has 0 bridgehead atoms. The zero-order chi connectivity index (χ0) is 17.4. The average Bonchev–Trinajstić information content (AvgIpc) is 2.91. The van der Waals surface area contributed by atoms with E-state index in [1.165, 1.54) is 16.4 Å². The quantitative estimate of drug-likeness (QED) is 0.763. The minimum atomic E-state index is -3.56. The van der Waals surface area contributed by atoms with Crippen LogP contribution in [0.25, 0.3) is 0 Å². The number of hydrogen-bond acceptors (Lipinski definition) is 5. The van der Waals surface area contributed by atoms with Gasteiger partial charge in [-0.1, -0.05) is 12.1 Å². The first-order chi connectivity index (χ1) is 11.3. The van der Waals surface area contributed by atoms with Crippen molar-refractivity contribution in [1.29, 1.82) is 0 Å². The van der Waals surface area contributed by atoms with Crippen LogP contribution >= 0.6 is 0 Å². The second kappa shape index (κ2) is 6.70. The van der Waals surface area contributed by atoms with Gasteiger partial charge in [0.05, 0.1) is 16.8 Å². The minimum Gasteiger partial charge on any atom is -0.296 e. The molecule has 0 spiro atoms. The largest absolute Gasteiger partial charge is 0.296 e. The molecule has 3 rings (SSSR count). The topological polar surface area (TPSA) is 74.8 Å². The number of hydrogen-bond donors (Lipinski definition) is 0. The van der Waals surface area contributed by atoms with Crippen molar-refractivity contribution in [2.45, 2.75) is 18.2 Å². The summed E-state index contributed by atoms with van der Waals surface area (Å²) in [7, 11) is -6.78. The molecule has 24 heavy (non-hydrogen) atoms. The van der Waals surface area contributed by atoms with Gasteiger partial charge in [-0.3, -0.25) is 4.90 Å². The van der Waals surface area contributed by atoms with Gasteiger partial charge in [-0.15, -0.1) is 0 Å². The zero-order valence-electron chi connectivity index (χ0n) is 13.3. The lowest BCUT2D eigenvalue weighted by Gasteiger charge is -2.35. The van der Waals surface area contributed by atoms with Gasteiger partial charge in [-0.05, 0) is 24.1 Å². The normalized spacial score (nSPS) is 25.8. The van der Waals surface area contributed by atoms with E-state index in [0.717, 1.165) is 5.56 Å². The maximum Gasteiger partial charge on any atom is 0.218 e. The highest BCUT2D eigenvalue weighted by atomic mass is 32.2. The third-order valence-electron chi connectivity index (χ3n) is 4.62. The Kier molecular flexibility index (Phi) is 4.96. The first-order valence-electron chi connectivity index (χ1n) is 7.92. The monoisotopic (exact) mass is 376 g/mol. The fourth-order valence-electron chi connectivity index (χ4n) is 3.20. The molecule has 0 aromatic heterocycles. The molecule has 1 atom stereocenters. The summed E-state index contributed by atoms with van der Waals surface area (Å²) in [6.45, 7) is 2.53. The maximum absolute atomic E-state index is 12.9. The Bertz CT molecular complexity index is 785. The molecule has 0 aliphatic carbocycles. The van der Waals surface area contributed by atoms with Gasteiger partial charge in [-0.25, -0.2) is 21.2 Å². The van der Waals surface area contributed by atoms with Gasteiger partial charge in [0.15, 0.2) is 9.84 Å². The van der Waals surface area contributed by atoms with Crippen molar-refractivity contribution in [3.05, 3.63) is 35.6 Å². The lowest BCUT2D eigenvalue weighted by molar-refractivity contribution is 0.181. The molecular formula is C15H21FN2O4S2. The van der Waals surface area contributed by atoms with E-state index in [1.807, 2.05) is 0 Å². The number of benzene rings is 1. The van der Waals surface area contributed by atoms with Crippen LogP contribution in [0.15, 0.2) is 24.3 Å². The highest BCUT2D eigenvalue weighted by Gasteiger charge is 2.41. The Morgan fingerprint density at radius 2 is 1.71 bits per heavy atom. The van der Waals surface area contributed by atoms with Crippen molar-refractivity contribution in [3.63, 3.8) is 0 Å². The van der Waals surface area contributed by atoms with Crippen LogP contribution in [0.3, 0.4) is 0 Å². The van der Waals surface area contributed by atoms with Gasteiger partial charge in [0, 0.05) is 32.7 Å². The molecule has 134 valence electrons. The van der Waals surface area contributed by atoms with Crippen molar-refractivity contribution >= 4 is 19.9 Å². The summed E-state index contributed by atoms with van der Waals surface area (Å²) in [5.41, 5.74) is 0.981. The number of halogens is 1. The predicted molar refractivity (Wildman–Crippen MR) is 89.2 cm³/mol. The molecule has 1 unspecified atom stereocenters. The van der Waals surface area contributed by atoms with Gasteiger partial charge in [-0.2, -0.15) is 4.31 Å². The summed E-state index contributed by atoms with van der Waals surface area (Å²) in [6, 6.07) is 6.27. The second-order valence-electron chi connectivity index (χ2n) is 6.37. The van der Waals surface area contributed by atoms with Crippen molar-refractivity contribution in [3.8, 4) is 0 Å². The number of piperazine rings is 1. The average molecular weight is 376 g/mol. The maximum atomic E-state index is 12.9. The van der Waals surface area contributed by atoms with Crippen molar-refractivity contribution < 1.29 is 21.2 Å². The summed E-state index contributed by atoms with van der Waals surface area (Å²) in [6.07, 6.45) is 0.195. The minimum absolute atomic E-state index is 0.0402. The van der Waals surface area contributed by atoms with Gasteiger partial charge >= 0.3 is 0 Å². The van der Waals surface area contributed by atoms with Crippen LogP contribution in [-0.2, 0) is 26.4 Å².